The Morgan fingerprint density at radius 1 is 1.90 bits per heavy atom. The van der Waals surface area contributed by atoms with Crippen molar-refractivity contribution < 1.29 is 9.90 Å². The molecule has 1 atom stereocenters. The fourth-order valence-corrected chi connectivity index (χ4v) is 0.758. The van der Waals surface area contributed by atoms with E-state index in [-0.39, 0.29) is 5.88 Å². The molecule has 0 aromatic heterocycles. The summed E-state index contributed by atoms with van der Waals surface area (Å²) in [5, 5.41) is 9.22. The zero-order chi connectivity index (χ0) is 8.20. The molecule has 3 heteroatoms. The molecule has 0 aromatic rings. The topological polar surface area (TPSA) is 37.3 Å². The lowest BCUT2D eigenvalue weighted by Crippen LogP contribution is -2.34. The van der Waals surface area contributed by atoms with Crippen molar-refractivity contribution in [1.29, 1.82) is 0 Å². The largest absolute Gasteiger partial charge is 0.382 e. The predicted molar refractivity (Wildman–Crippen MR) is 40.8 cm³/mol. The van der Waals surface area contributed by atoms with E-state index in [0.29, 0.717) is 0 Å². The van der Waals surface area contributed by atoms with Crippen molar-refractivity contribution in [2.75, 3.05) is 5.88 Å². The number of carbonyl (C=O) groups excluding carboxylic acids is 1. The fraction of sp³-hybridized carbons (Fsp3) is 0.429. The summed E-state index contributed by atoms with van der Waals surface area (Å²) in [6, 6.07) is 0. The number of rotatable bonds is 4. The van der Waals surface area contributed by atoms with Gasteiger partial charge < -0.3 is 5.11 Å². The third kappa shape index (κ3) is 2.50. The van der Waals surface area contributed by atoms with Gasteiger partial charge >= 0.3 is 0 Å². The average molecular weight is 162 g/mol. The highest BCUT2D eigenvalue weighted by Gasteiger charge is 2.26. The first-order valence-electron chi connectivity index (χ1n) is 2.84. The monoisotopic (exact) mass is 161 g/mol. The van der Waals surface area contributed by atoms with Crippen molar-refractivity contribution in [2.45, 2.75) is 12.5 Å². The second-order valence-corrected chi connectivity index (χ2v) is 2.38. The maximum atomic E-state index is 10.8. The van der Waals surface area contributed by atoms with E-state index >= 15 is 0 Å². The van der Waals surface area contributed by atoms with E-state index in [1.165, 1.54) is 13.3 Å². The highest BCUT2D eigenvalue weighted by molar-refractivity contribution is 6.19. The summed E-state index contributed by atoms with van der Waals surface area (Å²) >= 11 is 5.29. The van der Waals surface area contributed by atoms with Gasteiger partial charge in [-0.05, 0) is 13.0 Å². The van der Waals surface area contributed by atoms with Crippen LogP contribution in [-0.2, 0) is 4.79 Å². The standard InChI is InChI=1S/C7H10ClO2/c1-3-6(9)7(2,10)4-5-8/h3-4,10H,1,5H2,2H3. The van der Waals surface area contributed by atoms with Crippen molar-refractivity contribution in [1.82, 2.24) is 0 Å². The van der Waals surface area contributed by atoms with Gasteiger partial charge in [-0.1, -0.05) is 6.58 Å². The van der Waals surface area contributed by atoms with Gasteiger partial charge in [-0.15, -0.1) is 11.6 Å². The number of aliphatic hydroxyl groups is 1. The molecule has 0 aliphatic carbocycles. The molecule has 0 bridgehead atoms. The molecule has 1 N–H and O–H groups in total. The van der Waals surface area contributed by atoms with E-state index < -0.39 is 11.4 Å². The van der Waals surface area contributed by atoms with E-state index in [1.54, 1.807) is 0 Å². The van der Waals surface area contributed by atoms with E-state index in [9.17, 15) is 9.90 Å². The smallest absolute Gasteiger partial charge is 0.186 e. The first kappa shape index (κ1) is 9.66. The first-order valence-corrected chi connectivity index (χ1v) is 3.37. The average Bonchev–Trinajstić information content (AvgIpc) is 1.86. The summed E-state index contributed by atoms with van der Waals surface area (Å²) < 4.78 is 0. The molecule has 0 saturated heterocycles. The maximum absolute atomic E-state index is 10.8. The molecule has 0 saturated carbocycles. The maximum Gasteiger partial charge on any atom is 0.186 e. The Labute approximate surface area is 65.5 Å². The number of hydrogen-bond acceptors (Lipinski definition) is 2. The van der Waals surface area contributed by atoms with Crippen LogP contribution in [0.15, 0.2) is 12.7 Å². The van der Waals surface area contributed by atoms with Crippen LogP contribution in [0, 0.1) is 6.42 Å². The van der Waals surface area contributed by atoms with Gasteiger partial charge in [-0.3, -0.25) is 4.79 Å². The van der Waals surface area contributed by atoms with E-state index in [2.05, 4.69) is 6.58 Å². The van der Waals surface area contributed by atoms with Crippen LogP contribution < -0.4 is 0 Å². The molecule has 0 amide bonds. The molecule has 0 fully saturated rings. The van der Waals surface area contributed by atoms with Gasteiger partial charge in [0.1, 0.15) is 5.60 Å². The summed E-state index contributed by atoms with van der Waals surface area (Å²) in [4.78, 5) is 10.8. The molecule has 57 valence electrons. The minimum atomic E-state index is -1.45. The fourth-order valence-electron chi connectivity index (χ4n) is 0.457. The van der Waals surface area contributed by atoms with Crippen LogP contribution in [0.5, 0.6) is 0 Å². The molecule has 0 heterocycles. The lowest BCUT2D eigenvalue weighted by atomic mass is 9.98. The number of hydrogen-bond donors (Lipinski definition) is 1. The number of halogens is 1. The quantitative estimate of drug-likeness (QED) is 0.492. The Kier molecular flexibility index (Phi) is 3.61. The van der Waals surface area contributed by atoms with Crippen molar-refractivity contribution in [3.05, 3.63) is 19.1 Å². The third-order valence-electron chi connectivity index (χ3n) is 1.16. The first-order chi connectivity index (χ1) is 4.54. The molecule has 0 rings (SSSR count). The molecule has 2 nitrogen and oxygen atoms in total. The Hall–Kier alpha value is -0.340. The minimum absolute atomic E-state index is 0.145. The second-order valence-electron chi connectivity index (χ2n) is 2.07. The normalized spacial score (nSPS) is 15.9. The van der Waals surface area contributed by atoms with Crippen molar-refractivity contribution >= 4 is 17.4 Å². The van der Waals surface area contributed by atoms with Crippen molar-refractivity contribution in [3.63, 3.8) is 0 Å². The van der Waals surface area contributed by atoms with Crippen LogP contribution in [-0.4, -0.2) is 22.4 Å². The highest BCUT2D eigenvalue weighted by atomic mass is 35.5. The summed E-state index contributed by atoms with van der Waals surface area (Å²) in [5.41, 5.74) is -1.45. The lowest BCUT2D eigenvalue weighted by Gasteiger charge is -2.17. The van der Waals surface area contributed by atoms with Gasteiger partial charge in [0.15, 0.2) is 5.78 Å². The molecule has 0 aromatic carbocycles. The van der Waals surface area contributed by atoms with Gasteiger partial charge in [0.05, 0.1) is 0 Å². The molecule has 0 aliphatic rings. The highest BCUT2D eigenvalue weighted by Crippen LogP contribution is 2.10. The van der Waals surface area contributed by atoms with E-state index in [4.69, 9.17) is 11.6 Å². The van der Waals surface area contributed by atoms with Gasteiger partial charge in [0, 0.05) is 12.3 Å². The number of alkyl halides is 1. The van der Waals surface area contributed by atoms with Crippen LogP contribution in [0.3, 0.4) is 0 Å². The summed E-state index contributed by atoms with van der Waals surface area (Å²) in [6.45, 7) is 4.61. The molecule has 0 aliphatic heterocycles. The lowest BCUT2D eigenvalue weighted by molar-refractivity contribution is -0.127. The Bertz CT molecular complexity index is 141. The van der Waals surface area contributed by atoms with E-state index in [0.717, 1.165) is 6.08 Å². The van der Waals surface area contributed by atoms with Crippen LogP contribution >= 0.6 is 11.6 Å². The van der Waals surface area contributed by atoms with Crippen LogP contribution in [0.25, 0.3) is 0 Å². The van der Waals surface area contributed by atoms with Crippen LogP contribution in [0.4, 0.5) is 0 Å². The molecule has 10 heavy (non-hydrogen) atoms. The molecule has 0 spiro atoms. The molecular weight excluding hydrogens is 152 g/mol. The minimum Gasteiger partial charge on any atom is -0.382 e. The third-order valence-corrected chi connectivity index (χ3v) is 1.31. The molecular formula is C7H10ClO2. The zero-order valence-corrected chi connectivity index (χ0v) is 6.56. The van der Waals surface area contributed by atoms with Crippen LogP contribution in [0.1, 0.15) is 6.92 Å². The van der Waals surface area contributed by atoms with Crippen LogP contribution in [0.2, 0.25) is 0 Å². The zero-order valence-electron chi connectivity index (χ0n) is 5.80. The van der Waals surface area contributed by atoms with Gasteiger partial charge in [-0.2, -0.15) is 0 Å². The molecule has 1 unspecified atom stereocenters. The summed E-state index contributed by atoms with van der Waals surface area (Å²) in [7, 11) is 0. The van der Waals surface area contributed by atoms with Crippen molar-refractivity contribution in [2.24, 2.45) is 0 Å². The summed E-state index contributed by atoms with van der Waals surface area (Å²) in [6.07, 6.45) is 2.39. The van der Waals surface area contributed by atoms with Gasteiger partial charge in [-0.25, -0.2) is 0 Å². The van der Waals surface area contributed by atoms with E-state index in [1.807, 2.05) is 0 Å². The number of ketones is 1. The Morgan fingerprint density at radius 3 is 2.70 bits per heavy atom. The Balaban J connectivity index is 4.08. The Morgan fingerprint density at radius 2 is 2.40 bits per heavy atom. The van der Waals surface area contributed by atoms with Gasteiger partial charge in [0.2, 0.25) is 0 Å². The number of carbonyl (C=O) groups is 1. The summed E-state index contributed by atoms with van der Waals surface area (Å²) in [5.74, 6) is -0.291. The predicted octanol–water partition coefficient (Wildman–Crippen LogP) is 0.936. The molecule has 1 radical (unpaired) electrons. The van der Waals surface area contributed by atoms with Crippen molar-refractivity contribution in [3.8, 4) is 0 Å². The SMILES string of the molecule is C=CC(=O)C(C)(O)[CH]CCl. The van der Waals surface area contributed by atoms with Gasteiger partial charge in [0.25, 0.3) is 0 Å². The second kappa shape index (κ2) is 3.74.